The maximum Gasteiger partial charge on any atom is 0.127 e. The van der Waals surface area contributed by atoms with Gasteiger partial charge in [-0.25, -0.2) is 4.39 Å². The number of aryl methyl sites for hydroxylation is 3. The molecular weight excluding hydrogens is 283 g/mol. The standard InChI is InChI=1S/C15H14ClFOS/c1-8-5-10(11(16)7-12(8)17)15(18)14-6-9-3-2-4-13(9)19-14/h5-7,15,18H,2-4H2,1H3. The van der Waals surface area contributed by atoms with Crippen molar-refractivity contribution in [2.45, 2.75) is 32.3 Å². The van der Waals surface area contributed by atoms with Gasteiger partial charge in [0, 0.05) is 20.3 Å². The molecule has 19 heavy (non-hydrogen) atoms. The first-order valence-electron chi connectivity index (χ1n) is 6.31. The summed E-state index contributed by atoms with van der Waals surface area (Å²) in [6.45, 7) is 1.68. The number of fused-ring (bicyclic) bond motifs is 1. The molecule has 1 aliphatic rings. The molecule has 1 unspecified atom stereocenters. The van der Waals surface area contributed by atoms with Crippen molar-refractivity contribution < 1.29 is 9.50 Å². The van der Waals surface area contributed by atoms with E-state index in [0.29, 0.717) is 11.1 Å². The lowest BCUT2D eigenvalue weighted by Crippen LogP contribution is -2.00. The first-order valence-corrected chi connectivity index (χ1v) is 7.51. The van der Waals surface area contributed by atoms with E-state index in [2.05, 4.69) is 6.07 Å². The van der Waals surface area contributed by atoms with Gasteiger partial charge in [0.05, 0.1) is 0 Å². The summed E-state index contributed by atoms with van der Waals surface area (Å²) in [5.74, 6) is -0.338. The molecule has 0 spiro atoms. The van der Waals surface area contributed by atoms with Gasteiger partial charge in [-0.2, -0.15) is 0 Å². The Morgan fingerprint density at radius 1 is 1.32 bits per heavy atom. The Balaban J connectivity index is 1.99. The minimum absolute atomic E-state index is 0.282. The third-order valence-corrected chi connectivity index (χ3v) is 5.22. The van der Waals surface area contributed by atoms with Gasteiger partial charge in [-0.3, -0.25) is 0 Å². The van der Waals surface area contributed by atoms with Crippen molar-refractivity contribution in [2.24, 2.45) is 0 Å². The van der Waals surface area contributed by atoms with Gasteiger partial charge in [0.2, 0.25) is 0 Å². The fourth-order valence-electron chi connectivity index (χ4n) is 2.53. The number of hydrogen-bond donors (Lipinski definition) is 1. The van der Waals surface area contributed by atoms with Crippen molar-refractivity contribution in [1.82, 2.24) is 0 Å². The first kappa shape index (κ1) is 13.1. The van der Waals surface area contributed by atoms with Crippen LogP contribution in [0.5, 0.6) is 0 Å². The molecule has 0 bridgehead atoms. The average molecular weight is 297 g/mol. The Hall–Kier alpha value is -0.900. The highest BCUT2D eigenvalue weighted by Crippen LogP contribution is 2.38. The Labute approximate surface area is 120 Å². The highest BCUT2D eigenvalue weighted by Gasteiger charge is 2.22. The normalized spacial score (nSPS) is 15.6. The van der Waals surface area contributed by atoms with Crippen LogP contribution in [0, 0.1) is 12.7 Å². The Morgan fingerprint density at radius 2 is 2.11 bits per heavy atom. The van der Waals surface area contributed by atoms with Crippen LogP contribution in [0.25, 0.3) is 0 Å². The van der Waals surface area contributed by atoms with E-state index in [1.165, 1.54) is 22.9 Å². The molecular formula is C15H14ClFOS. The van der Waals surface area contributed by atoms with Gasteiger partial charge in [0.1, 0.15) is 11.9 Å². The molecule has 1 aliphatic carbocycles. The van der Waals surface area contributed by atoms with E-state index in [0.717, 1.165) is 17.7 Å². The van der Waals surface area contributed by atoms with Crippen molar-refractivity contribution in [3.8, 4) is 0 Å². The molecule has 0 fully saturated rings. The summed E-state index contributed by atoms with van der Waals surface area (Å²) in [7, 11) is 0. The molecule has 0 aliphatic heterocycles. The molecule has 0 radical (unpaired) electrons. The van der Waals surface area contributed by atoms with Gasteiger partial charge in [0.15, 0.2) is 0 Å². The van der Waals surface area contributed by atoms with Crippen LogP contribution in [0.4, 0.5) is 4.39 Å². The van der Waals surface area contributed by atoms with E-state index in [9.17, 15) is 9.50 Å². The number of aliphatic hydroxyl groups is 1. The molecule has 1 aromatic heterocycles. The van der Waals surface area contributed by atoms with E-state index >= 15 is 0 Å². The first-order chi connectivity index (χ1) is 9.06. The van der Waals surface area contributed by atoms with Gasteiger partial charge >= 0.3 is 0 Å². The van der Waals surface area contributed by atoms with E-state index in [1.54, 1.807) is 24.3 Å². The lowest BCUT2D eigenvalue weighted by molar-refractivity contribution is 0.224. The maximum atomic E-state index is 13.4. The second-order valence-corrected chi connectivity index (χ2v) is 6.55. The van der Waals surface area contributed by atoms with Crippen LogP contribution in [0.15, 0.2) is 18.2 Å². The second kappa shape index (κ2) is 4.89. The molecule has 4 heteroatoms. The van der Waals surface area contributed by atoms with Gasteiger partial charge in [-0.1, -0.05) is 11.6 Å². The summed E-state index contributed by atoms with van der Waals surface area (Å²) in [6, 6.07) is 4.97. The third-order valence-electron chi connectivity index (χ3n) is 3.61. The van der Waals surface area contributed by atoms with Crippen molar-refractivity contribution >= 4 is 22.9 Å². The number of aliphatic hydroxyl groups excluding tert-OH is 1. The van der Waals surface area contributed by atoms with E-state index in [4.69, 9.17) is 11.6 Å². The quantitative estimate of drug-likeness (QED) is 0.870. The fraction of sp³-hybridized carbons (Fsp3) is 0.333. The molecule has 2 aromatic rings. The molecule has 1 N–H and O–H groups in total. The van der Waals surface area contributed by atoms with Crippen LogP contribution in [0.2, 0.25) is 5.02 Å². The number of benzene rings is 1. The molecule has 0 saturated heterocycles. The van der Waals surface area contributed by atoms with Gasteiger partial charge in [-0.05, 0) is 55.5 Å². The van der Waals surface area contributed by atoms with Crippen LogP contribution in [0.1, 0.15) is 39.0 Å². The summed E-state index contributed by atoms with van der Waals surface area (Å²) in [5, 5.41) is 10.7. The smallest absolute Gasteiger partial charge is 0.127 e. The maximum absolute atomic E-state index is 13.4. The van der Waals surface area contributed by atoms with Crippen molar-refractivity contribution in [1.29, 1.82) is 0 Å². The second-order valence-electron chi connectivity index (χ2n) is 4.98. The number of thiophene rings is 1. The topological polar surface area (TPSA) is 20.2 Å². The molecule has 1 atom stereocenters. The highest BCUT2D eigenvalue weighted by molar-refractivity contribution is 7.12. The number of hydrogen-bond acceptors (Lipinski definition) is 2. The SMILES string of the molecule is Cc1cc(C(O)c2cc3c(s2)CCC3)c(Cl)cc1F. The van der Waals surface area contributed by atoms with Crippen molar-refractivity contribution in [2.75, 3.05) is 0 Å². The Morgan fingerprint density at radius 3 is 2.84 bits per heavy atom. The summed E-state index contributed by atoms with van der Waals surface area (Å²) in [4.78, 5) is 2.27. The average Bonchev–Trinajstić information content (AvgIpc) is 2.93. The molecule has 0 saturated carbocycles. The van der Waals surface area contributed by atoms with Crippen LogP contribution in [0.3, 0.4) is 0 Å². The van der Waals surface area contributed by atoms with Gasteiger partial charge in [-0.15, -0.1) is 11.3 Å². The molecule has 100 valence electrons. The van der Waals surface area contributed by atoms with E-state index < -0.39 is 6.10 Å². The van der Waals surface area contributed by atoms with E-state index in [1.807, 2.05) is 0 Å². The molecule has 1 heterocycles. The van der Waals surface area contributed by atoms with Crippen LogP contribution < -0.4 is 0 Å². The summed E-state index contributed by atoms with van der Waals surface area (Å²) in [5.41, 5.74) is 2.43. The molecule has 3 rings (SSSR count). The lowest BCUT2D eigenvalue weighted by atomic mass is 10.0. The predicted octanol–water partition coefficient (Wildman–Crippen LogP) is 4.42. The highest BCUT2D eigenvalue weighted by atomic mass is 35.5. The number of halogens is 2. The minimum Gasteiger partial charge on any atom is -0.383 e. The molecule has 0 amide bonds. The lowest BCUT2D eigenvalue weighted by Gasteiger charge is -2.12. The van der Waals surface area contributed by atoms with E-state index in [-0.39, 0.29) is 10.8 Å². The summed E-state index contributed by atoms with van der Waals surface area (Å²) in [6.07, 6.45) is 2.63. The third kappa shape index (κ3) is 2.31. The monoisotopic (exact) mass is 296 g/mol. The zero-order chi connectivity index (χ0) is 13.6. The zero-order valence-electron chi connectivity index (χ0n) is 10.5. The Bertz CT molecular complexity index is 614. The van der Waals surface area contributed by atoms with Crippen LogP contribution >= 0.6 is 22.9 Å². The van der Waals surface area contributed by atoms with Crippen LogP contribution in [-0.4, -0.2) is 5.11 Å². The summed E-state index contributed by atoms with van der Waals surface area (Å²) >= 11 is 7.69. The largest absolute Gasteiger partial charge is 0.383 e. The predicted molar refractivity (Wildman–Crippen MR) is 76.6 cm³/mol. The van der Waals surface area contributed by atoms with Crippen molar-refractivity contribution in [3.63, 3.8) is 0 Å². The minimum atomic E-state index is -0.762. The molecule has 1 aromatic carbocycles. The van der Waals surface area contributed by atoms with Gasteiger partial charge < -0.3 is 5.11 Å². The van der Waals surface area contributed by atoms with Crippen LogP contribution in [-0.2, 0) is 12.8 Å². The molecule has 1 nitrogen and oxygen atoms in total. The zero-order valence-corrected chi connectivity index (χ0v) is 12.1. The number of rotatable bonds is 2. The van der Waals surface area contributed by atoms with Crippen molar-refractivity contribution in [3.05, 3.63) is 55.5 Å². The Kier molecular flexibility index (Phi) is 3.37. The van der Waals surface area contributed by atoms with Gasteiger partial charge in [0.25, 0.3) is 0 Å². The fourth-order valence-corrected chi connectivity index (χ4v) is 4.05. The summed E-state index contributed by atoms with van der Waals surface area (Å²) < 4.78 is 13.4.